The number of esters is 1. The van der Waals surface area contributed by atoms with Crippen LogP contribution >= 0.6 is 0 Å². The Kier molecular flexibility index (Phi) is 3.84. The number of aryl methyl sites for hydroxylation is 1. The molecule has 0 atom stereocenters. The van der Waals surface area contributed by atoms with E-state index in [4.69, 9.17) is 9.84 Å². The quantitative estimate of drug-likeness (QED) is 0.863. The number of aromatic nitrogens is 2. The number of carboxylic acids is 1. The molecule has 0 amide bonds. The second-order valence-electron chi connectivity index (χ2n) is 4.18. The Morgan fingerprint density at radius 1 is 1.30 bits per heavy atom. The summed E-state index contributed by atoms with van der Waals surface area (Å²) >= 11 is 0. The van der Waals surface area contributed by atoms with Crippen LogP contribution in [0, 0.1) is 6.92 Å². The number of rotatable bonds is 4. The van der Waals surface area contributed by atoms with Crippen LogP contribution in [0.15, 0.2) is 30.5 Å². The Balaban J connectivity index is 2.32. The summed E-state index contributed by atoms with van der Waals surface area (Å²) in [5.74, 6) is -1.45. The van der Waals surface area contributed by atoms with Gasteiger partial charge >= 0.3 is 11.9 Å². The second-order valence-corrected chi connectivity index (χ2v) is 4.18. The summed E-state index contributed by atoms with van der Waals surface area (Å²) in [6, 6.07) is 6.23. The van der Waals surface area contributed by atoms with Gasteiger partial charge in [-0.25, -0.2) is 14.3 Å². The summed E-state index contributed by atoms with van der Waals surface area (Å²) in [6.07, 6.45) is 1.70. The molecule has 0 aliphatic carbocycles. The molecule has 0 unspecified atom stereocenters. The number of aromatic carboxylic acids is 1. The van der Waals surface area contributed by atoms with Crippen LogP contribution in [0.2, 0.25) is 0 Å². The highest BCUT2D eigenvalue weighted by atomic mass is 16.5. The molecule has 6 nitrogen and oxygen atoms in total. The summed E-state index contributed by atoms with van der Waals surface area (Å²) in [5, 5.41) is 13.0. The number of ether oxygens (including phenoxy) is 1. The predicted molar refractivity (Wildman–Crippen MR) is 71.2 cm³/mol. The lowest BCUT2D eigenvalue weighted by Crippen LogP contribution is -2.07. The molecule has 1 aromatic heterocycles. The molecule has 2 rings (SSSR count). The van der Waals surface area contributed by atoms with Crippen LogP contribution in [0.1, 0.15) is 33.3 Å². The maximum Gasteiger partial charge on any atom is 0.359 e. The monoisotopic (exact) mass is 274 g/mol. The van der Waals surface area contributed by atoms with E-state index < -0.39 is 11.9 Å². The lowest BCUT2D eigenvalue weighted by atomic mass is 10.2. The Morgan fingerprint density at radius 3 is 2.50 bits per heavy atom. The van der Waals surface area contributed by atoms with Crippen LogP contribution in [-0.2, 0) is 4.74 Å². The van der Waals surface area contributed by atoms with Crippen molar-refractivity contribution in [2.75, 3.05) is 6.61 Å². The highest BCUT2D eigenvalue weighted by Gasteiger charge is 2.15. The summed E-state index contributed by atoms with van der Waals surface area (Å²) < 4.78 is 6.44. The molecule has 0 bridgehead atoms. The molecule has 20 heavy (non-hydrogen) atoms. The van der Waals surface area contributed by atoms with E-state index >= 15 is 0 Å². The van der Waals surface area contributed by atoms with E-state index in [9.17, 15) is 9.59 Å². The fourth-order valence-electron chi connectivity index (χ4n) is 1.75. The summed E-state index contributed by atoms with van der Waals surface area (Å²) in [4.78, 5) is 22.5. The summed E-state index contributed by atoms with van der Waals surface area (Å²) in [7, 11) is 0. The average molecular weight is 274 g/mol. The maximum absolute atomic E-state index is 11.7. The predicted octanol–water partition coefficient (Wildman–Crippen LogP) is 2.06. The molecule has 0 radical (unpaired) electrons. The Morgan fingerprint density at radius 2 is 1.95 bits per heavy atom. The van der Waals surface area contributed by atoms with E-state index in [-0.39, 0.29) is 11.3 Å². The van der Waals surface area contributed by atoms with Gasteiger partial charge in [-0.15, -0.1) is 0 Å². The van der Waals surface area contributed by atoms with Gasteiger partial charge in [0.15, 0.2) is 5.69 Å². The zero-order valence-corrected chi connectivity index (χ0v) is 11.2. The van der Waals surface area contributed by atoms with Gasteiger partial charge < -0.3 is 9.84 Å². The van der Waals surface area contributed by atoms with E-state index in [2.05, 4.69) is 5.10 Å². The van der Waals surface area contributed by atoms with Gasteiger partial charge in [-0.1, -0.05) is 0 Å². The van der Waals surface area contributed by atoms with E-state index in [1.807, 2.05) is 0 Å². The van der Waals surface area contributed by atoms with Crippen molar-refractivity contribution in [1.29, 1.82) is 0 Å². The number of benzene rings is 1. The number of nitrogens with zero attached hydrogens (tertiary/aromatic N) is 2. The van der Waals surface area contributed by atoms with Crippen LogP contribution < -0.4 is 0 Å². The Labute approximate surface area is 115 Å². The van der Waals surface area contributed by atoms with E-state index in [0.717, 1.165) is 0 Å². The Bertz CT molecular complexity index is 644. The van der Waals surface area contributed by atoms with Crippen LogP contribution in [0.3, 0.4) is 0 Å². The largest absolute Gasteiger partial charge is 0.478 e. The third-order valence-electron chi connectivity index (χ3n) is 2.74. The second kappa shape index (κ2) is 5.56. The molecular formula is C14H14N2O4. The zero-order chi connectivity index (χ0) is 14.7. The third-order valence-corrected chi connectivity index (χ3v) is 2.74. The molecule has 0 aliphatic rings. The van der Waals surface area contributed by atoms with Crippen molar-refractivity contribution in [2.45, 2.75) is 13.8 Å². The Hall–Kier alpha value is -2.63. The first-order valence-corrected chi connectivity index (χ1v) is 6.10. The fraction of sp³-hybridized carbons (Fsp3) is 0.214. The van der Waals surface area contributed by atoms with Crippen molar-refractivity contribution in [3.63, 3.8) is 0 Å². The number of carboxylic acid groups (broad SMARTS) is 1. The molecule has 0 spiro atoms. The van der Waals surface area contributed by atoms with Crippen LogP contribution in [0.4, 0.5) is 0 Å². The van der Waals surface area contributed by atoms with E-state index in [1.165, 1.54) is 16.8 Å². The smallest absolute Gasteiger partial charge is 0.359 e. The minimum atomic E-state index is -0.986. The maximum atomic E-state index is 11.7. The van der Waals surface area contributed by atoms with Gasteiger partial charge in [0.1, 0.15) is 0 Å². The van der Waals surface area contributed by atoms with Gasteiger partial charge in [-0.05, 0) is 38.1 Å². The first-order valence-electron chi connectivity index (χ1n) is 6.10. The molecule has 0 saturated heterocycles. The van der Waals surface area contributed by atoms with Crippen LogP contribution in [0.5, 0.6) is 0 Å². The number of hydrogen-bond donors (Lipinski definition) is 1. The number of carbonyl (C=O) groups excluding carboxylic acids is 1. The lowest BCUT2D eigenvalue weighted by Gasteiger charge is -2.01. The highest BCUT2D eigenvalue weighted by molar-refractivity contribution is 5.89. The molecule has 0 fully saturated rings. The molecule has 2 aromatic rings. The lowest BCUT2D eigenvalue weighted by molar-refractivity contribution is 0.0517. The van der Waals surface area contributed by atoms with Crippen molar-refractivity contribution in [3.05, 3.63) is 47.3 Å². The van der Waals surface area contributed by atoms with Crippen molar-refractivity contribution in [1.82, 2.24) is 9.78 Å². The fourth-order valence-corrected chi connectivity index (χ4v) is 1.75. The molecule has 104 valence electrons. The van der Waals surface area contributed by atoms with Gasteiger partial charge in [-0.2, -0.15) is 5.10 Å². The first kappa shape index (κ1) is 13.8. The average Bonchev–Trinajstić information content (AvgIpc) is 2.81. The van der Waals surface area contributed by atoms with E-state index in [0.29, 0.717) is 17.9 Å². The molecule has 1 N–H and O–H groups in total. The molecule has 6 heteroatoms. The zero-order valence-electron chi connectivity index (χ0n) is 11.2. The van der Waals surface area contributed by atoms with Gasteiger partial charge in [-0.3, -0.25) is 0 Å². The van der Waals surface area contributed by atoms with Crippen molar-refractivity contribution in [3.8, 4) is 5.69 Å². The first-order chi connectivity index (χ1) is 9.52. The summed E-state index contributed by atoms with van der Waals surface area (Å²) in [6.45, 7) is 3.79. The third kappa shape index (κ3) is 2.69. The number of hydrogen-bond acceptors (Lipinski definition) is 4. The van der Waals surface area contributed by atoms with Crippen molar-refractivity contribution in [2.24, 2.45) is 0 Å². The van der Waals surface area contributed by atoms with Crippen molar-refractivity contribution >= 4 is 11.9 Å². The van der Waals surface area contributed by atoms with Gasteiger partial charge in [0, 0.05) is 11.8 Å². The molecule has 0 aliphatic heterocycles. The molecule has 1 heterocycles. The van der Waals surface area contributed by atoms with Crippen molar-refractivity contribution < 1.29 is 19.4 Å². The topological polar surface area (TPSA) is 81.4 Å². The van der Waals surface area contributed by atoms with E-state index in [1.54, 1.807) is 32.2 Å². The molecular weight excluding hydrogens is 260 g/mol. The van der Waals surface area contributed by atoms with Gasteiger partial charge in [0.2, 0.25) is 0 Å². The standard InChI is InChI=1S/C14H14N2O4/c1-3-20-14(19)12-9(2)8-16(15-12)11-6-4-10(5-7-11)13(17)18/h4-8H,3H2,1-2H3,(H,17,18). The SMILES string of the molecule is CCOC(=O)c1nn(-c2ccc(C(=O)O)cc2)cc1C. The minimum absolute atomic E-state index is 0.197. The molecule has 0 saturated carbocycles. The minimum Gasteiger partial charge on any atom is -0.478 e. The normalized spacial score (nSPS) is 10.3. The number of carbonyl (C=O) groups is 2. The van der Waals surface area contributed by atoms with Crippen LogP contribution in [0.25, 0.3) is 5.69 Å². The summed E-state index contributed by atoms with van der Waals surface area (Å²) in [5.41, 5.74) is 1.83. The van der Waals surface area contributed by atoms with Crippen LogP contribution in [-0.4, -0.2) is 33.4 Å². The van der Waals surface area contributed by atoms with Gasteiger partial charge in [0.05, 0.1) is 17.9 Å². The molecule has 1 aromatic carbocycles. The highest BCUT2D eigenvalue weighted by Crippen LogP contribution is 2.13. The van der Waals surface area contributed by atoms with Gasteiger partial charge in [0.25, 0.3) is 0 Å².